The lowest BCUT2D eigenvalue weighted by atomic mass is 10.1. The second-order valence-corrected chi connectivity index (χ2v) is 6.64. The van der Waals surface area contributed by atoms with Crippen molar-refractivity contribution in [1.82, 2.24) is 5.06 Å². The molecule has 1 unspecified atom stereocenters. The van der Waals surface area contributed by atoms with Gasteiger partial charge in [-0.1, -0.05) is 41.9 Å². The van der Waals surface area contributed by atoms with Gasteiger partial charge in [0.05, 0.1) is 13.7 Å². The predicted octanol–water partition coefficient (Wildman–Crippen LogP) is 4.90. The number of hydrogen-bond donors (Lipinski definition) is 1. The van der Waals surface area contributed by atoms with E-state index in [4.69, 9.17) is 31.3 Å². The molecule has 3 aromatic rings. The molecule has 2 heterocycles. The lowest BCUT2D eigenvalue weighted by Crippen LogP contribution is -2.23. The number of benzene rings is 2. The highest BCUT2D eigenvalue weighted by molar-refractivity contribution is 6.30. The van der Waals surface area contributed by atoms with Gasteiger partial charge < -0.3 is 19.7 Å². The molecule has 1 aliphatic rings. The van der Waals surface area contributed by atoms with Gasteiger partial charge in [-0.3, -0.25) is 0 Å². The fourth-order valence-corrected chi connectivity index (χ4v) is 3.32. The summed E-state index contributed by atoms with van der Waals surface area (Å²) in [6.07, 6.45) is 1.83. The number of hydroxylamine groups is 2. The number of methoxy groups -OCH3 is 1. The molecule has 1 atom stereocenters. The molecule has 138 valence electrons. The fraction of sp³-hybridized carbons (Fsp3) is 0.143. The predicted molar refractivity (Wildman–Crippen MR) is 104 cm³/mol. The van der Waals surface area contributed by atoms with Crippen LogP contribution in [0.4, 0.5) is 0 Å². The van der Waals surface area contributed by atoms with E-state index in [1.807, 2.05) is 66.7 Å². The van der Waals surface area contributed by atoms with E-state index in [0.717, 1.165) is 28.4 Å². The molecule has 0 spiro atoms. The van der Waals surface area contributed by atoms with Crippen LogP contribution in [0.1, 0.15) is 17.4 Å². The highest BCUT2D eigenvalue weighted by Gasteiger charge is 2.30. The molecule has 0 saturated carbocycles. The minimum atomic E-state index is -0.233. The Bertz CT molecular complexity index is 983. The summed E-state index contributed by atoms with van der Waals surface area (Å²) in [7, 11) is 1.65. The first-order valence-corrected chi connectivity index (χ1v) is 8.91. The van der Waals surface area contributed by atoms with E-state index in [1.165, 1.54) is 0 Å². The second kappa shape index (κ2) is 7.39. The Kier molecular flexibility index (Phi) is 4.79. The molecular weight excluding hydrogens is 364 g/mol. The first-order chi connectivity index (χ1) is 13.1. The van der Waals surface area contributed by atoms with E-state index in [2.05, 4.69) is 0 Å². The van der Waals surface area contributed by atoms with Gasteiger partial charge in [0.25, 0.3) is 0 Å². The number of hydrogen-bond acceptors (Lipinski definition) is 5. The highest BCUT2D eigenvalue weighted by atomic mass is 35.5. The summed E-state index contributed by atoms with van der Waals surface area (Å²) in [5.41, 5.74) is 7.83. The number of nitrogens with zero attached hydrogens (tertiary/aromatic N) is 1. The van der Waals surface area contributed by atoms with Gasteiger partial charge in [-0.15, -0.1) is 5.06 Å². The van der Waals surface area contributed by atoms with Crippen LogP contribution in [0.5, 0.6) is 5.75 Å². The largest absolute Gasteiger partial charge is 0.496 e. The Hall–Kier alpha value is -2.89. The maximum absolute atomic E-state index is 6.08. The summed E-state index contributed by atoms with van der Waals surface area (Å²) in [4.78, 5) is 5.70. The summed E-state index contributed by atoms with van der Waals surface area (Å²) in [5.74, 6) is 2.61. The lowest BCUT2D eigenvalue weighted by molar-refractivity contribution is -0.131. The van der Waals surface area contributed by atoms with Crippen molar-refractivity contribution in [1.29, 1.82) is 0 Å². The molecule has 2 N–H and O–H groups in total. The molecule has 0 aliphatic carbocycles. The average Bonchev–Trinajstić information content (AvgIpc) is 3.29. The molecule has 1 aliphatic heterocycles. The summed E-state index contributed by atoms with van der Waals surface area (Å²) < 4.78 is 11.5. The van der Waals surface area contributed by atoms with Crippen LogP contribution in [0.25, 0.3) is 11.3 Å². The highest BCUT2D eigenvalue weighted by Crippen LogP contribution is 2.35. The van der Waals surface area contributed by atoms with Crippen molar-refractivity contribution in [2.75, 3.05) is 7.11 Å². The first-order valence-electron chi connectivity index (χ1n) is 8.53. The Morgan fingerprint density at radius 2 is 1.96 bits per heavy atom. The number of furan rings is 1. The van der Waals surface area contributed by atoms with E-state index in [-0.39, 0.29) is 6.04 Å². The third-order valence-electron chi connectivity index (χ3n) is 4.40. The standard InChI is InChI=1S/C21H19ClN2O3/c1-25-18-8-3-2-5-15(18)13-24-17(12-21(23)27-24)20-10-9-19(26-20)14-6-4-7-16(22)11-14/h2-12,17H,13,23H2,1H3. The van der Waals surface area contributed by atoms with E-state index in [9.17, 15) is 0 Å². The van der Waals surface area contributed by atoms with Gasteiger partial charge in [-0.25, -0.2) is 0 Å². The van der Waals surface area contributed by atoms with Crippen LogP contribution in [-0.2, 0) is 11.4 Å². The van der Waals surface area contributed by atoms with Crippen LogP contribution >= 0.6 is 11.6 Å². The molecule has 27 heavy (non-hydrogen) atoms. The smallest absolute Gasteiger partial charge is 0.207 e. The zero-order valence-electron chi connectivity index (χ0n) is 14.8. The van der Waals surface area contributed by atoms with Crippen molar-refractivity contribution < 1.29 is 14.0 Å². The first kappa shape index (κ1) is 17.5. The van der Waals surface area contributed by atoms with Gasteiger partial charge in [0.2, 0.25) is 5.88 Å². The summed E-state index contributed by atoms with van der Waals surface area (Å²) >= 11 is 6.08. The minimum Gasteiger partial charge on any atom is -0.496 e. The fourth-order valence-electron chi connectivity index (χ4n) is 3.13. The third kappa shape index (κ3) is 3.65. The number of rotatable bonds is 5. The van der Waals surface area contributed by atoms with Crippen LogP contribution in [-0.4, -0.2) is 12.2 Å². The SMILES string of the molecule is COc1ccccc1CN1OC(N)=CC1c1ccc(-c2cccc(Cl)c2)o1. The molecule has 5 nitrogen and oxygen atoms in total. The molecule has 0 bridgehead atoms. The molecule has 0 radical (unpaired) electrons. The molecule has 0 saturated heterocycles. The number of ether oxygens (including phenoxy) is 1. The van der Waals surface area contributed by atoms with Crippen molar-refractivity contribution in [3.63, 3.8) is 0 Å². The second-order valence-electron chi connectivity index (χ2n) is 6.20. The zero-order chi connectivity index (χ0) is 18.8. The summed E-state index contributed by atoms with van der Waals surface area (Å²) in [5, 5.41) is 2.44. The summed E-state index contributed by atoms with van der Waals surface area (Å²) in [6.45, 7) is 0.499. The Morgan fingerprint density at radius 3 is 2.78 bits per heavy atom. The zero-order valence-corrected chi connectivity index (χ0v) is 15.5. The van der Waals surface area contributed by atoms with E-state index in [1.54, 1.807) is 12.2 Å². The van der Waals surface area contributed by atoms with Crippen LogP contribution in [0.3, 0.4) is 0 Å². The molecular formula is C21H19ClN2O3. The van der Waals surface area contributed by atoms with Crippen molar-refractivity contribution in [3.8, 4) is 17.1 Å². The van der Waals surface area contributed by atoms with E-state index >= 15 is 0 Å². The molecule has 2 aromatic carbocycles. The topological polar surface area (TPSA) is 60.9 Å². The van der Waals surface area contributed by atoms with Crippen LogP contribution in [0.15, 0.2) is 77.0 Å². The van der Waals surface area contributed by atoms with Gasteiger partial charge in [-0.2, -0.15) is 0 Å². The van der Waals surface area contributed by atoms with Gasteiger partial charge in [-0.05, 0) is 30.3 Å². The van der Waals surface area contributed by atoms with Crippen molar-refractivity contribution in [2.24, 2.45) is 5.73 Å². The van der Waals surface area contributed by atoms with Crippen LogP contribution in [0, 0.1) is 0 Å². The van der Waals surface area contributed by atoms with Crippen molar-refractivity contribution in [2.45, 2.75) is 12.6 Å². The van der Waals surface area contributed by atoms with Crippen molar-refractivity contribution >= 4 is 11.6 Å². The monoisotopic (exact) mass is 382 g/mol. The maximum atomic E-state index is 6.08. The Morgan fingerprint density at radius 1 is 1.11 bits per heavy atom. The van der Waals surface area contributed by atoms with Gasteiger partial charge in [0.15, 0.2) is 0 Å². The number of para-hydroxylation sites is 1. The van der Waals surface area contributed by atoms with Crippen LogP contribution < -0.4 is 10.5 Å². The van der Waals surface area contributed by atoms with E-state index in [0.29, 0.717) is 17.5 Å². The normalized spacial score (nSPS) is 16.8. The Balaban J connectivity index is 1.60. The maximum Gasteiger partial charge on any atom is 0.207 e. The van der Waals surface area contributed by atoms with Gasteiger partial charge >= 0.3 is 0 Å². The number of halogens is 1. The van der Waals surface area contributed by atoms with Gasteiger partial charge in [0, 0.05) is 22.2 Å². The molecule has 4 rings (SSSR count). The van der Waals surface area contributed by atoms with Crippen molar-refractivity contribution in [3.05, 3.63) is 89.0 Å². The average molecular weight is 383 g/mol. The summed E-state index contributed by atoms with van der Waals surface area (Å²) in [6, 6.07) is 19.0. The number of nitrogens with two attached hydrogens (primary N) is 1. The molecule has 0 amide bonds. The third-order valence-corrected chi connectivity index (χ3v) is 4.64. The molecule has 1 aromatic heterocycles. The van der Waals surface area contributed by atoms with Crippen LogP contribution in [0.2, 0.25) is 5.02 Å². The lowest BCUT2D eigenvalue weighted by Gasteiger charge is -2.22. The van der Waals surface area contributed by atoms with E-state index < -0.39 is 0 Å². The Labute approximate surface area is 162 Å². The molecule has 6 heteroatoms. The molecule has 0 fully saturated rings. The minimum absolute atomic E-state index is 0.233. The quantitative estimate of drug-likeness (QED) is 0.680. The van der Waals surface area contributed by atoms with Gasteiger partial charge in [0.1, 0.15) is 23.3 Å².